The average Bonchev–Trinajstić information content (AvgIpc) is 2.89. The van der Waals surface area contributed by atoms with Gasteiger partial charge in [-0.25, -0.2) is 0 Å². The summed E-state index contributed by atoms with van der Waals surface area (Å²) in [4.78, 5) is 12.2. The van der Waals surface area contributed by atoms with E-state index in [0.717, 1.165) is 32.1 Å². The summed E-state index contributed by atoms with van der Waals surface area (Å²) >= 11 is 0. The predicted molar refractivity (Wildman–Crippen MR) is 158 cm³/mol. The fourth-order valence-corrected chi connectivity index (χ4v) is 5.40. The first-order valence-electron chi connectivity index (χ1n) is 16.4. The van der Waals surface area contributed by atoms with Crippen molar-refractivity contribution in [1.82, 2.24) is 0 Å². The van der Waals surface area contributed by atoms with Crippen molar-refractivity contribution in [2.75, 3.05) is 7.11 Å². The van der Waals surface area contributed by atoms with Crippen LogP contribution in [0.3, 0.4) is 0 Å². The number of methoxy groups -OCH3 is 1. The summed E-state index contributed by atoms with van der Waals surface area (Å²) in [5.41, 5.74) is 0. The maximum absolute atomic E-state index is 12.2. The van der Waals surface area contributed by atoms with Crippen LogP contribution < -0.4 is 0 Å². The summed E-state index contributed by atoms with van der Waals surface area (Å²) < 4.78 is 5.01. The van der Waals surface area contributed by atoms with E-state index < -0.39 is 6.10 Å². The molecule has 0 aromatic rings. The first kappa shape index (κ1) is 35.4. The molecular formula is C33H66O3. The van der Waals surface area contributed by atoms with Crippen molar-refractivity contribution in [3.63, 3.8) is 0 Å². The fraction of sp³-hybridized carbons (Fsp3) is 0.970. The van der Waals surface area contributed by atoms with Crippen molar-refractivity contribution >= 4 is 5.97 Å². The number of hydrogen-bond donors (Lipinski definition) is 1. The molecule has 36 heavy (non-hydrogen) atoms. The lowest BCUT2D eigenvalue weighted by Gasteiger charge is -2.20. The van der Waals surface area contributed by atoms with Crippen molar-refractivity contribution in [2.24, 2.45) is 5.92 Å². The van der Waals surface area contributed by atoms with Gasteiger partial charge in [0, 0.05) is 0 Å². The number of carbonyl (C=O) groups is 1. The molecule has 3 heteroatoms. The second kappa shape index (κ2) is 29.0. The van der Waals surface area contributed by atoms with Gasteiger partial charge in [-0.05, 0) is 12.8 Å². The Balaban J connectivity index is 3.69. The summed E-state index contributed by atoms with van der Waals surface area (Å²) in [5, 5.41) is 10.7. The van der Waals surface area contributed by atoms with Crippen molar-refractivity contribution in [3.05, 3.63) is 0 Å². The van der Waals surface area contributed by atoms with E-state index in [2.05, 4.69) is 13.8 Å². The number of carbonyl (C=O) groups excluding carboxylic acids is 1. The highest BCUT2D eigenvalue weighted by Crippen LogP contribution is 2.22. The van der Waals surface area contributed by atoms with Gasteiger partial charge in [-0.15, -0.1) is 0 Å². The minimum Gasteiger partial charge on any atom is -0.469 e. The van der Waals surface area contributed by atoms with Crippen LogP contribution in [-0.2, 0) is 9.53 Å². The van der Waals surface area contributed by atoms with Crippen LogP contribution in [0.5, 0.6) is 0 Å². The maximum atomic E-state index is 12.2. The number of aliphatic hydroxyl groups is 1. The minimum absolute atomic E-state index is 0.222. The van der Waals surface area contributed by atoms with Gasteiger partial charge in [-0.1, -0.05) is 174 Å². The highest BCUT2D eigenvalue weighted by Gasteiger charge is 2.26. The minimum atomic E-state index is -0.544. The Kier molecular flexibility index (Phi) is 28.5. The van der Waals surface area contributed by atoms with E-state index >= 15 is 0 Å². The van der Waals surface area contributed by atoms with Crippen LogP contribution in [-0.4, -0.2) is 24.3 Å². The third-order valence-corrected chi connectivity index (χ3v) is 7.94. The van der Waals surface area contributed by atoms with Crippen LogP contribution in [0.2, 0.25) is 0 Å². The quantitative estimate of drug-likeness (QED) is 0.0803. The Bertz CT molecular complexity index is 437. The van der Waals surface area contributed by atoms with Crippen molar-refractivity contribution in [2.45, 2.75) is 193 Å². The van der Waals surface area contributed by atoms with E-state index in [9.17, 15) is 9.90 Å². The Morgan fingerprint density at radius 2 is 0.778 bits per heavy atom. The Morgan fingerprint density at radius 1 is 0.500 bits per heavy atom. The van der Waals surface area contributed by atoms with Gasteiger partial charge in [0.25, 0.3) is 0 Å². The second-order valence-electron chi connectivity index (χ2n) is 11.4. The van der Waals surface area contributed by atoms with Gasteiger partial charge in [-0.3, -0.25) is 4.79 Å². The molecule has 0 aliphatic carbocycles. The number of ether oxygens (including phenoxy) is 1. The SMILES string of the molecule is CCCCCCCCCCCCCCCC(O)C(CCCCCCCCCCCCCC)C(=O)OC. The van der Waals surface area contributed by atoms with Crippen molar-refractivity contribution in [1.29, 1.82) is 0 Å². The normalized spacial score (nSPS) is 13.1. The topological polar surface area (TPSA) is 46.5 Å². The van der Waals surface area contributed by atoms with Crippen molar-refractivity contribution < 1.29 is 14.6 Å². The molecule has 2 atom stereocenters. The zero-order valence-corrected chi connectivity index (χ0v) is 25.0. The first-order valence-corrected chi connectivity index (χ1v) is 16.4. The average molecular weight is 511 g/mol. The third kappa shape index (κ3) is 23.8. The van der Waals surface area contributed by atoms with E-state index in [1.54, 1.807) is 0 Å². The number of aliphatic hydroxyl groups excluding tert-OH is 1. The Hall–Kier alpha value is -0.570. The third-order valence-electron chi connectivity index (χ3n) is 7.94. The Labute approximate surface area is 226 Å². The molecular weight excluding hydrogens is 444 g/mol. The molecule has 3 nitrogen and oxygen atoms in total. The van der Waals surface area contributed by atoms with E-state index in [0.29, 0.717) is 0 Å². The maximum Gasteiger partial charge on any atom is 0.311 e. The van der Waals surface area contributed by atoms with Crippen LogP contribution >= 0.6 is 0 Å². The molecule has 0 fully saturated rings. The zero-order chi connectivity index (χ0) is 26.5. The van der Waals surface area contributed by atoms with E-state index in [1.165, 1.54) is 148 Å². The molecule has 0 aromatic heterocycles. The molecule has 0 aromatic carbocycles. The molecule has 0 spiro atoms. The molecule has 0 rings (SSSR count). The summed E-state index contributed by atoms with van der Waals surface area (Å²) in [6, 6.07) is 0. The lowest BCUT2D eigenvalue weighted by atomic mass is 9.91. The van der Waals surface area contributed by atoms with Gasteiger partial charge < -0.3 is 9.84 Å². The molecule has 0 bridgehead atoms. The van der Waals surface area contributed by atoms with Gasteiger partial charge in [0.2, 0.25) is 0 Å². The highest BCUT2D eigenvalue weighted by molar-refractivity contribution is 5.72. The van der Waals surface area contributed by atoms with Crippen LogP contribution in [0.1, 0.15) is 187 Å². The molecule has 0 saturated heterocycles. The summed E-state index contributed by atoms with van der Waals surface area (Å²) in [6.45, 7) is 4.55. The van der Waals surface area contributed by atoms with E-state index in [1.807, 2.05) is 0 Å². The molecule has 0 aliphatic rings. The van der Waals surface area contributed by atoms with Gasteiger partial charge in [0.15, 0.2) is 0 Å². The molecule has 216 valence electrons. The molecule has 1 N–H and O–H groups in total. The summed E-state index contributed by atoms with van der Waals surface area (Å²) in [5.74, 6) is -0.560. The number of esters is 1. The summed E-state index contributed by atoms with van der Waals surface area (Å²) in [7, 11) is 1.45. The largest absolute Gasteiger partial charge is 0.469 e. The number of hydrogen-bond acceptors (Lipinski definition) is 3. The van der Waals surface area contributed by atoms with Crippen LogP contribution in [0.25, 0.3) is 0 Å². The second-order valence-corrected chi connectivity index (χ2v) is 11.4. The fourth-order valence-electron chi connectivity index (χ4n) is 5.40. The van der Waals surface area contributed by atoms with E-state index in [-0.39, 0.29) is 11.9 Å². The van der Waals surface area contributed by atoms with Gasteiger partial charge in [0.1, 0.15) is 0 Å². The van der Waals surface area contributed by atoms with Gasteiger partial charge >= 0.3 is 5.97 Å². The Morgan fingerprint density at radius 3 is 1.08 bits per heavy atom. The van der Waals surface area contributed by atoms with Crippen LogP contribution in [0.4, 0.5) is 0 Å². The summed E-state index contributed by atoms with van der Waals surface area (Å²) in [6.07, 6.45) is 34.0. The molecule has 0 saturated carbocycles. The standard InChI is InChI=1S/C33H66O3/c1-4-6-8-10-12-14-16-18-20-22-24-26-28-30-32(34)31(33(35)36-3)29-27-25-23-21-19-17-15-13-11-9-7-5-2/h31-32,34H,4-30H2,1-3H3. The highest BCUT2D eigenvalue weighted by atomic mass is 16.5. The first-order chi connectivity index (χ1) is 17.7. The molecule has 0 amide bonds. The lowest BCUT2D eigenvalue weighted by Crippen LogP contribution is -2.29. The van der Waals surface area contributed by atoms with Gasteiger partial charge in [0.05, 0.1) is 19.1 Å². The van der Waals surface area contributed by atoms with Gasteiger partial charge in [-0.2, -0.15) is 0 Å². The van der Waals surface area contributed by atoms with Crippen molar-refractivity contribution in [3.8, 4) is 0 Å². The molecule has 0 heterocycles. The molecule has 0 radical (unpaired) electrons. The zero-order valence-electron chi connectivity index (χ0n) is 25.0. The monoisotopic (exact) mass is 511 g/mol. The van der Waals surface area contributed by atoms with Crippen LogP contribution in [0, 0.1) is 5.92 Å². The van der Waals surface area contributed by atoms with Crippen LogP contribution in [0.15, 0.2) is 0 Å². The number of rotatable bonds is 29. The number of unbranched alkanes of at least 4 members (excludes halogenated alkanes) is 23. The van der Waals surface area contributed by atoms with E-state index in [4.69, 9.17) is 4.74 Å². The molecule has 2 unspecified atom stereocenters. The molecule has 0 aliphatic heterocycles. The lowest BCUT2D eigenvalue weighted by molar-refractivity contribution is -0.150. The smallest absolute Gasteiger partial charge is 0.311 e. The predicted octanol–water partition coefficient (Wildman–Crippen LogP) is 10.7.